The van der Waals surface area contributed by atoms with Crippen LogP contribution in [0.3, 0.4) is 0 Å². The topological polar surface area (TPSA) is 64.4 Å². The van der Waals surface area contributed by atoms with Gasteiger partial charge in [0.1, 0.15) is 5.52 Å². The van der Waals surface area contributed by atoms with E-state index in [1.807, 2.05) is 45.0 Å². The molecule has 4 aromatic rings. The molecule has 1 heterocycles. The van der Waals surface area contributed by atoms with E-state index in [1.165, 1.54) is 0 Å². The smallest absolute Gasteiger partial charge is 0.262 e. The summed E-state index contributed by atoms with van der Waals surface area (Å²) in [6, 6.07) is 9.68. The second-order valence-electron chi connectivity index (χ2n) is 8.34. The van der Waals surface area contributed by atoms with Gasteiger partial charge in [0.05, 0.1) is 10.0 Å². The van der Waals surface area contributed by atoms with Gasteiger partial charge < -0.3 is 14.5 Å². The number of nitrogens with one attached hydrogen (secondary N) is 1. The summed E-state index contributed by atoms with van der Waals surface area (Å²) in [6.07, 6.45) is 0. The molecule has 0 saturated heterocycles. The lowest BCUT2D eigenvalue weighted by atomic mass is 10.1. The van der Waals surface area contributed by atoms with E-state index in [4.69, 9.17) is 44.0 Å². The van der Waals surface area contributed by atoms with Crippen LogP contribution in [0.2, 0.25) is 15.1 Å². The number of halogens is 3. The average Bonchev–Trinajstić information content (AvgIpc) is 3.22. The fourth-order valence-electron chi connectivity index (χ4n) is 3.75. The van der Waals surface area contributed by atoms with E-state index in [2.05, 4.69) is 16.4 Å². The molecule has 0 aliphatic heterocycles. The fourth-order valence-corrected chi connectivity index (χ4v) is 4.57. The van der Waals surface area contributed by atoms with Gasteiger partial charge in [-0.1, -0.05) is 46.9 Å². The van der Waals surface area contributed by atoms with Crippen LogP contribution in [0, 0.1) is 34.6 Å². The molecular formula is C26H23Cl3N2O3. The summed E-state index contributed by atoms with van der Waals surface area (Å²) in [4.78, 5) is 17.3. The average molecular weight is 518 g/mol. The van der Waals surface area contributed by atoms with E-state index >= 15 is 0 Å². The Morgan fingerprint density at radius 1 is 0.941 bits per heavy atom. The lowest BCUT2D eigenvalue weighted by Crippen LogP contribution is -2.21. The van der Waals surface area contributed by atoms with Crippen LogP contribution >= 0.6 is 34.8 Å². The van der Waals surface area contributed by atoms with Gasteiger partial charge in [-0.2, -0.15) is 0 Å². The van der Waals surface area contributed by atoms with Gasteiger partial charge in [-0.05, 0) is 80.6 Å². The lowest BCUT2D eigenvalue weighted by molar-refractivity contribution is -0.118. The Kier molecular flexibility index (Phi) is 6.81. The van der Waals surface area contributed by atoms with Crippen molar-refractivity contribution in [3.8, 4) is 17.2 Å². The number of aryl methyl sites for hydroxylation is 3. The molecule has 0 aliphatic carbocycles. The van der Waals surface area contributed by atoms with Crippen LogP contribution in [0.15, 0.2) is 34.7 Å². The van der Waals surface area contributed by atoms with Crippen molar-refractivity contribution in [3.05, 3.63) is 73.2 Å². The third-order valence-electron chi connectivity index (χ3n) is 5.64. The molecule has 34 heavy (non-hydrogen) atoms. The van der Waals surface area contributed by atoms with Gasteiger partial charge in [0.2, 0.25) is 5.89 Å². The summed E-state index contributed by atoms with van der Waals surface area (Å²) >= 11 is 18.9. The zero-order valence-electron chi connectivity index (χ0n) is 19.4. The Balaban J connectivity index is 1.55. The molecule has 5 nitrogen and oxygen atoms in total. The second-order valence-corrected chi connectivity index (χ2v) is 9.47. The van der Waals surface area contributed by atoms with Gasteiger partial charge in [0, 0.05) is 16.3 Å². The highest BCUT2D eigenvalue weighted by molar-refractivity contribution is 6.42. The monoisotopic (exact) mass is 516 g/mol. The van der Waals surface area contributed by atoms with Crippen molar-refractivity contribution in [2.24, 2.45) is 0 Å². The number of oxazole rings is 1. The van der Waals surface area contributed by atoms with Gasteiger partial charge in [-0.25, -0.2) is 4.98 Å². The van der Waals surface area contributed by atoms with Crippen LogP contribution in [0.4, 0.5) is 5.69 Å². The molecule has 0 saturated carbocycles. The zero-order valence-corrected chi connectivity index (χ0v) is 21.7. The first-order valence-electron chi connectivity index (χ1n) is 10.6. The molecule has 4 rings (SSSR count). The number of nitrogens with zero attached hydrogens (tertiary/aromatic N) is 1. The SMILES string of the molecule is Cc1cc(C)c2oc(-c3ccc(C)c(NC(=O)COc4c(Cl)c(C)c(Cl)c(C)c4Cl)c3)nc2c1. The number of hydrogen-bond donors (Lipinski definition) is 1. The van der Waals surface area contributed by atoms with Crippen molar-refractivity contribution in [1.82, 2.24) is 4.98 Å². The Hall–Kier alpha value is -2.73. The van der Waals surface area contributed by atoms with Crippen LogP contribution in [0.25, 0.3) is 22.6 Å². The van der Waals surface area contributed by atoms with Crippen molar-refractivity contribution in [3.63, 3.8) is 0 Å². The van der Waals surface area contributed by atoms with Gasteiger partial charge in [-0.3, -0.25) is 4.79 Å². The van der Waals surface area contributed by atoms with Crippen molar-refractivity contribution in [2.75, 3.05) is 11.9 Å². The van der Waals surface area contributed by atoms with Crippen LogP contribution in [-0.4, -0.2) is 17.5 Å². The standard InChI is InChI=1S/C26H23Cl3N2O3/c1-12-8-14(3)24-19(9-12)31-26(34-24)17-7-6-13(2)18(10-17)30-20(32)11-33-25-22(28)15(4)21(27)16(5)23(25)29/h6-10H,11H2,1-5H3,(H,30,32). The van der Waals surface area contributed by atoms with E-state index in [-0.39, 0.29) is 28.3 Å². The fraction of sp³-hybridized carbons (Fsp3) is 0.231. The first-order chi connectivity index (χ1) is 16.1. The normalized spacial score (nSPS) is 11.2. The highest BCUT2D eigenvalue weighted by Gasteiger charge is 2.19. The Bertz CT molecular complexity index is 1410. The molecule has 0 spiro atoms. The third-order valence-corrected chi connectivity index (χ3v) is 7.12. The molecule has 0 atom stereocenters. The molecule has 0 unspecified atom stereocenters. The number of hydrogen-bond acceptors (Lipinski definition) is 4. The van der Waals surface area contributed by atoms with Crippen LogP contribution in [-0.2, 0) is 4.79 Å². The molecule has 0 aliphatic rings. The largest absolute Gasteiger partial charge is 0.481 e. The number of amides is 1. The number of carbonyl (C=O) groups excluding carboxylic acids is 1. The summed E-state index contributed by atoms with van der Waals surface area (Å²) in [7, 11) is 0. The minimum absolute atomic E-state index is 0.237. The molecule has 3 aromatic carbocycles. The maximum atomic E-state index is 12.7. The minimum Gasteiger partial charge on any atom is -0.481 e. The quantitative estimate of drug-likeness (QED) is 0.291. The Labute approximate surface area is 213 Å². The summed E-state index contributed by atoms with van der Waals surface area (Å²) < 4.78 is 11.7. The van der Waals surface area contributed by atoms with Crippen LogP contribution in [0.1, 0.15) is 27.8 Å². The van der Waals surface area contributed by atoms with Crippen molar-refractivity contribution in [2.45, 2.75) is 34.6 Å². The van der Waals surface area contributed by atoms with E-state index in [9.17, 15) is 4.79 Å². The molecule has 1 amide bonds. The highest BCUT2D eigenvalue weighted by Crippen LogP contribution is 2.42. The van der Waals surface area contributed by atoms with E-state index < -0.39 is 0 Å². The number of ether oxygens (including phenoxy) is 1. The lowest BCUT2D eigenvalue weighted by Gasteiger charge is -2.16. The molecule has 0 fully saturated rings. The predicted octanol–water partition coefficient (Wildman–Crippen LogP) is 8.01. The van der Waals surface area contributed by atoms with Crippen LogP contribution in [0.5, 0.6) is 5.75 Å². The number of carbonyl (C=O) groups is 1. The van der Waals surface area contributed by atoms with Gasteiger partial charge in [0.15, 0.2) is 17.9 Å². The maximum absolute atomic E-state index is 12.7. The molecule has 1 aromatic heterocycles. The minimum atomic E-state index is -0.360. The number of fused-ring (bicyclic) bond motifs is 1. The number of rotatable bonds is 5. The van der Waals surface area contributed by atoms with Crippen molar-refractivity contribution in [1.29, 1.82) is 0 Å². The highest BCUT2D eigenvalue weighted by atomic mass is 35.5. The summed E-state index contributed by atoms with van der Waals surface area (Å²) in [5.41, 5.74) is 7.25. The molecule has 1 N–H and O–H groups in total. The molecule has 8 heteroatoms. The first kappa shape index (κ1) is 24.4. The van der Waals surface area contributed by atoms with Gasteiger partial charge in [0.25, 0.3) is 5.91 Å². The van der Waals surface area contributed by atoms with E-state index in [0.29, 0.717) is 27.7 Å². The Morgan fingerprint density at radius 3 is 2.29 bits per heavy atom. The predicted molar refractivity (Wildman–Crippen MR) is 139 cm³/mol. The second kappa shape index (κ2) is 9.49. The van der Waals surface area contributed by atoms with Crippen molar-refractivity contribution >= 4 is 57.5 Å². The van der Waals surface area contributed by atoms with Crippen molar-refractivity contribution < 1.29 is 13.9 Å². The third kappa shape index (κ3) is 4.61. The number of anilines is 1. The number of aromatic nitrogens is 1. The van der Waals surface area contributed by atoms with Crippen LogP contribution < -0.4 is 10.1 Å². The number of benzene rings is 3. The first-order valence-corrected chi connectivity index (χ1v) is 11.7. The summed E-state index contributed by atoms with van der Waals surface area (Å²) in [6.45, 7) is 9.18. The molecular weight excluding hydrogens is 495 g/mol. The summed E-state index contributed by atoms with van der Waals surface area (Å²) in [5, 5.41) is 3.93. The molecule has 176 valence electrons. The Morgan fingerprint density at radius 2 is 1.62 bits per heavy atom. The van der Waals surface area contributed by atoms with E-state index in [0.717, 1.165) is 33.4 Å². The maximum Gasteiger partial charge on any atom is 0.262 e. The van der Waals surface area contributed by atoms with E-state index in [1.54, 1.807) is 13.8 Å². The molecule has 0 bridgehead atoms. The summed E-state index contributed by atoms with van der Waals surface area (Å²) in [5.74, 6) is 0.364. The molecule has 0 radical (unpaired) electrons. The van der Waals surface area contributed by atoms with Gasteiger partial charge in [-0.15, -0.1) is 0 Å². The van der Waals surface area contributed by atoms with Gasteiger partial charge >= 0.3 is 0 Å². The zero-order chi connectivity index (χ0) is 24.7.